The van der Waals surface area contributed by atoms with Gasteiger partial charge in [0.15, 0.2) is 0 Å². The van der Waals surface area contributed by atoms with Gasteiger partial charge in [-0.2, -0.15) is 0 Å². The van der Waals surface area contributed by atoms with Crippen LogP contribution in [0.4, 0.5) is 0 Å². The van der Waals surface area contributed by atoms with E-state index >= 15 is 0 Å². The van der Waals surface area contributed by atoms with E-state index < -0.39 is 0 Å². The van der Waals surface area contributed by atoms with Crippen molar-refractivity contribution < 1.29 is 0 Å². The Kier molecular flexibility index (Phi) is 5.64. The quantitative estimate of drug-likeness (QED) is 0.706. The number of rotatable bonds is 5. The zero-order valence-corrected chi connectivity index (χ0v) is 14.1. The minimum absolute atomic E-state index is 0.292. The molecule has 0 aliphatic heterocycles. The first-order valence-electron chi connectivity index (χ1n) is 6.87. The van der Waals surface area contributed by atoms with Crippen LogP contribution in [0.5, 0.6) is 0 Å². The topological polar surface area (TPSA) is 12.0 Å². The van der Waals surface area contributed by atoms with Crippen LogP contribution in [0.1, 0.15) is 43.5 Å². The molecule has 2 aromatic rings. The van der Waals surface area contributed by atoms with Crippen molar-refractivity contribution in [2.24, 2.45) is 0 Å². The number of hydrogen-bond donors (Lipinski definition) is 1. The van der Waals surface area contributed by atoms with Gasteiger partial charge in [0.1, 0.15) is 0 Å². The maximum atomic E-state index is 5.94. The van der Waals surface area contributed by atoms with Crippen LogP contribution in [0.25, 0.3) is 0 Å². The van der Waals surface area contributed by atoms with Gasteiger partial charge in [-0.1, -0.05) is 58.7 Å². The first-order chi connectivity index (χ1) is 9.60. The second-order valence-electron chi connectivity index (χ2n) is 4.95. The van der Waals surface area contributed by atoms with Gasteiger partial charge >= 0.3 is 0 Å². The van der Waals surface area contributed by atoms with Crippen LogP contribution in [0.15, 0.2) is 53.0 Å². The van der Waals surface area contributed by atoms with Gasteiger partial charge in [-0.25, -0.2) is 0 Å². The summed E-state index contributed by atoms with van der Waals surface area (Å²) in [5, 5.41) is 4.46. The lowest BCUT2D eigenvalue weighted by atomic mass is 10.0. The van der Waals surface area contributed by atoms with E-state index in [1.807, 2.05) is 12.1 Å². The van der Waals surface area contributed by atoms with Crippen LogP contribution < -0.4 is 5.32 Å². The molecule has 0 saturated heterocycles. The highest BCUT2D eigenvalue weighted by Crippen LogP contribution is 2.24. The summed E-state index contributed by atoms with van der Waals surface area (Å²) in [5.41, 5.74) is 2.57. The molecule has 0 aliphatic carbocycles. The van der Waals surface area contributed by atoms with Gasteiger partial charge in [-0.3, -0.25) is 0 Å². The van der Waals surface area contributed by atoms with Crippen LogP contribution in [0, 0.1) is 0 Å². The fourth-order valence-electron chi connectivity index (χ4n) is 2.29. The third-order valence-electron chi connectivity index (χ3n) is 3.50. The first-order valence-corrected chi connectivity index (χ1v) is 8.04. The molecule has 1 N–H and O–H groups in total. The van der Waals surface area contributed by atoms with Gasteiger partial charge < -0.3 is 5.32 Å². The largest absolute Gasteiger partial charge is 0.303 e. The fourth-order valence-corrected chi connectivity index (χ4v) is 2.68. The number of nitrogens with one attached hydrogen (secondary N) is 1. The Balaban J connectivity index is 2.09. The fraction of sp³-hybridized carbons (Fsp3) is 0.294. The minimum Gasteiger partial charge on any atom is -0.303 e. The third kappa shape index (κ3) is 4.08. The summed E-state index contributed by atoms with van der Waals surface area (Å²) in [7, 11) is 0. The van der Waals surface area contributed by atoms with Crippen LogP contribution in [-0.2, 0) is 0 Å². The molecule has 1 nitrogen and oxygen atoms in total. The molecule has 0 aliphatic rings. The summed E-state index contributed by atoms with van der Waals surface area (Å²) in [6.45, 7) is 4.39. The average molecular weight is 353 g/mol. The predicted octanol–water partition coefficient (Wildman–Crippen LogP) is 5.90. The van der Waals surface area contributed by atoms with Crippen molar-refractivity contribution in [3.8, 4) is 0 Å². The summed E-state index contributed by atoms with van der Waals surface area (Å²) >= 11 is 9.41. The second-order valence-corrected chi connectivity index (χ2v) is 6.30. The molecule has 0 spiro atoms. The van der Waals surface area contributed by atoms with Crippen molar-refractivity contribution in [1.82, 2.24) is 5.32 Å². The van der Waals surface area contributed by atoms with Gasteiger partial charge in [0.05, 0.1) is 0 Å². The lowest BCUT2D eigenvalue weighted by molar-refractivity contribution is 0.456. The third-order valence-corrected chi connectivity index (χ3v) is 4.28. The lowest BCUT2D eigenvalue weighted by Crippen LogP contribution is -2.24. The predicted molar refractivity (Wildman–Crippen MR) is 90.2 cm³/mol. The Morgan fingerprint density at radius 3 is 2.10 bits per heavy atom. The van der Waals surface area contributed by atoms with E-state index in [-0.39, 0.29) is 0 Å². The Bertz CT molecular complexity index is 536. The summed E-state index contributed by atoms with van der Waals surface area (Å²) in [4.78, 5) is 0. The van der Waals surface area contributed by atoms with Crippen LogP contribution >= 0.6 is 27.5 Å². The van der Waals surface area contributed by atoms with Crippen molar-refractivity contribution >= 4 is 27.5 Å². The Labute approximate surface area is 134 Å². The van der Waals surface area contributed by atoms with Crippen LogP contribution in [0.2, 0.25) is 5.02 Å². The van der Waals surface area contributed by atoms with Crippen LogP contribution in [0.3, 0.4) is 0 Å². The second kappa shape index (κ2) is 7.26. The van der Waals surface area contributed by atoms with Crippen molar-refractivity contribution in [2.45, 2.75) is 32.4 Å². The molecule has 20 heavy (non-hydrogen) atoms. The molecule has 0 fully saturated rings. The lowest BCUT2D eigenvalue weighted by Gasteiger charge is -2.23. The average Bonchev–Trinajstić information content (AvgIpc) is 2.46. The molecular weight excluding hydrogens is 334 g/mol. The molecule has 2 unspecified atom stereocenters. The van der Waals surface area contributed by atoms with E-state index in [9.17, 15) is 0 Å². The van der Waals surface area contributed by atoms with Gasteiger partial charge in [0.2, 0.25) is 0 Å². The molecule has 2 aromatic carbocycles. The number of halogens is 2. The molecule has 0 radical (unpaired) electrons. The molecule has 0 heterocycles. The van der Waals surface area contributed by atoms with Gasteiger partial charge in [0, 0.05) is 21.6 Å². The van der Waals surface area contributed by atoms with Gasteiger partial charge in [0.25, 0.3) is 0 Å². The Hall–Kier alpha value is -0.830. The van der Waals surface area contributed by atoms with E-state index in [0.717, 1.165) is 15.9 Å². The SMILES string of the molecule is CCC(NC(C)c1ccc(Cl)cc1)c1ccc(Br)cc1. The van der Waals surface area contributed by atoms with E-state index in [4.69, 9.17) is 11.6 Å². The van der Waals surface area contributed by atoms with Crippen molar-refractivity contribution in [2.75, 3.05) is 0 Å². The van der Waals surface area contributed by atoms with Crippen LogP contribution in [-0.4, -0.2) is 0 Å². The monoisotopic (exact) mass is 351 g/mol. The van der Waals surface area contributed by atoms with E-state index in [0.29, 0.717) is 12.1 Å². The molecule has 2 rings (SSSR count). The summed E-state index contributed by atoms with van der Waals surface area (Å²) in [6, 6.07) is 17.2. The number of benzene rings is 2. The molecule has 0 amide bonds. The van der Waals surface area contributed by atoms with E-state index in [2.05, 4.69) is 71.5 Å². The molecule has 3 heteroatoms. The minimum atomic E-state index is 0.292. The Morgan fingerprint density at radius 2 is 1.55 bits per heavy atom. The van der Waals surface area contributed by atoms with Crippen molar-refractivity contribution in [3.05, 3.63) is 69.2 Å². The molecular formula is C17H19BrClN. The maximum absolute atomic E-state index is 5.94. The van der Waals surface area contributed by atoms with E-state index in [1.165, 1.54) is 11.1 Å². The van der Waals surface area contributed by atoms with Crippen molar-refractivity contribution in [1.29, 1.82) is 0 Å². The van der Waals surface area contributed by atoms with E-state index in [1.54, 1.807) is 0 Å². The van der Waals surface area contributed by atoms with Gasteiger partial charge in [-0.05, 0) is 48.7 Å². The molecule has 2 atom stereocenters. The maximum Gasteiger partial charge on any atom is 0.0406 e. The molecule has 106 valence electrons. The van der Waals surface area contributed by atoms with Crippen molar-refractivity contribution in [3.63, 3.8) is 0 Å². The highest BCUT2D eigenvalue weighted by atomic mass is 79.9. The molecule has 0 aromatic heterocycles. The zero-order chi connectivity index (χ0) is 14.5. The normalized spacial score (nSPS) is 14.0. The summed E-state index contributed by atoms with van der Waals surface area (Å²) in [5.74, 6) is 0. The smallest absolute Gasteiger partial charge is 0.0406 e. The molecule has 0 bridgehead atoms. The highest BCUT2D eigenvalue weighted by molar-refractivity contribution is 9.10. The van der Waals surface area contributed by atoms with Gasteiger partial charge in [-0.15, -0.1) is 0 Å². The highest BCUT2D eigenvalue weighted by Gasteiger charge is 2.13. The summed E-state index contributed by atoms with van der Waals surface area (Å²) < 4.78 is 1.11. The zero-order valence-electron chi connectivity index (χ0n) is 11.7. The molecule has 0 saturated carbocycles. The Morgan fingerprint density at radius 1 is 1.00 bits per heavy atom. The standard InChI is InChI=1S/C17H19BrClN/c1-3-17(14-4-8-15(18)9-5-14)20-12(2)13-6-10-16(19)11-7-13/h4-12,17,20H,3H2,1-2H3. The first kappa shape index (κ1) is 15.6. The summed E-state index contributed by atoms with van der Waals surface area (Å²) in [6.07, 6.45) is 1.06. The number of hydrogen-bond acceptors (Lipinski definition) is 1.